The van der Waals surface area contributed by atoms with Gasteiger partial charge in [0.1, 0.15) is 12.1 Å². The van der Waals surface area contributed by atoms with Crippen LogP contribution in [0.1, 0.15) is 34.7 Å². The molecule has 1 aliphatic heterocycles. The first-order valence-corrected chi connectivity index (χ1v) is 9.05. The number of hydrogen-bond donors (Lipinski definition) is 1. The minimum absolute atomic E-state index is 0.0265. The second-order valence-corrected chi connectivity index (χ2v) is 7.01. The average Bonchev–Trinajstić information content (AvgIpc) is 3.30. The molecule has 0 unspecified atom stereocenters. The van der Waals surface area contributed by atoms with Gasteiger partial charge in [0.15, 0.2) is 11.5 Å². The van der Waals surface area contributed by atoms with Gasteiger partial charge in [-0.15, -0.1) is 15.3 Å². The number of fused-ring (bicyclic) bond motifs is 2. The van der Waals surface area contributed by atoms with Crippen molar-refractivity contribution in [2.75, 3.05) is 5.32 Å². The highest BCUT2D eigenvalue weighted by atomic mass is 19.4. The molecule has 0 saturated heterocycles. The van der Waals surface area contributed by atoms with Gasteiger partial charge in [-0.25, -0.2) is 0 Å². The summed E-state index contributed by atoms with van der Waals surface area (Å²) in [5.74, 6) is -0.0531. The van der Waals surface area contributed by atoms with Crippen molar-refractivity contribution in [2.45, 2.75) is 25.4 Å². The van der Waals surface area contributed by atoms with Crippen molar-refractivity contribution in [1.29, 1.82) is 0 Å². The summed E-state index contributed by atoms with van der Waals surface area (Å²) in [5.41, 5.74) is 1.46. The predicted octanol–water partition coefficient (Wildman–Crippen LogP) is 3.11. The molecule has 30 heavy (non-hydrogen) atoms. The van der Waals surface area contributed by atoms with Gasteiger partial charge in [0.05, 0.1) is 11.3 Å². The number of amides is 1. The summed E-state index contributed by atoms with van der Waals surface area (Å²) < 4.78 is 42.5. The Morgan fingerprint density at radius 2 is 2.00 bits per heavy atom. The standard InChI is InChI=1S/C19H14F3N7O/c1-10-17-13(11-3-2-4-12(7-11)19(20,21)22)8-16(30)24-18(17)29(26-10)15-6-5-14-25-23-9-28(14)27-15/h2-7,9,13H,8H2,1H3,(H,24,30)/t13-/m1/s1. The zero-order valence-corrected chi connectivity index (χ0v) is 15.6. The second-order valence-electron chi connectivity index (χ2n) is 7.01. The SMILES string of the molecule is Cc1nn(-c2ccc3nncn3n2)c2c1[C@@H](c1cccc(C(F)(F)F)c1)CC(=O)N2. The van der Waals surface area contributed by atoms with E-state index in [2.05, 4.69) is 25.7 Å². The van der Waals surface area contributed by atoms with Crippen LogP contribution in [0.15, 0.2) is 42.7 Å². The van der Waals surface area contributed by atoms with Gasteiger partial charge in [-0.2, -0.15) is 27.5 Å². The van der Waals surface area contributed by atoms with E-state index in [1.54, 1.807) is 25.1 Å². The van der Waals surface area contributed by atoms with E-state index in [-0.39, 0.29) is 12.3 Å². The maximum absolute atomic E-state index is 13.2. The fourth-order valence-electron chi connectivity index (χ4n) is 3.76. The third kappa shape index (κ3) is 2.90. The van der Waals surface area contributed by atoms with Gasteiger partial charge in [-0.1, -0.05) is 18.2 Å². The first kappa shape index (κ1) is 18.3. The van der Waals surface area contributed by atoms with E-state index in [1.807, 2.05) is 0 Å². The summed E-state index contributed by atoms with van der Waals surface area (Å²) in [6, 6.07) is 8.43. The van der Waals surface area contributed by atoms with Crippen molar-refractivity contribution >= 4 is 17.4 Å². The molecule has 8 nitrogen and oxygen atoms in total. The van der Waals surface area contributed by atoms with Crippen molar-refractivity contribution in [2.24, 2.45) is 0 Å². The van der Waals surface area contributed by atoms with E-state index in [0.717, 1.165) is 12.1 Å². The van der Waals surface area contributed by atoms with Crippen LogP contribution in [-0.2, 0) is 11.0 Å². The van der Waals surface area contributed by atoms with Gasteiger partial charge in [0.2, 0.25) is 5.91 Å². The van der Waals surface area contributed by atoms with Crippen molar-refractivity contribution in [3.63, 3.8) is 0 Å². The lowest BCUT2D eigenvalue weighted by Crippen LogP contribution is -2.25. The number of nitrogens with zero attached hydrogens (tertiary/aromatic N) is 6. The Hall–Kier alpha value is -3.76. The van der Waals surface area contributed by atoms with Crippen LogP contribution in [0.5, 0.6) is 0 Å². The molecule has 0 fully saturated rings. The van der Waals surface area contributed by atoms with E-state index < -0.39 is 17.7 Å². The van der Waals surface area contributed by atoms with Gasteiger partial charge in [0, 0.05) is 17.9 Å². The van der Waals surface area contributed by atoms with E-state index in [0.29, 0.717) is 34.1 Å². The molecule has 4 heterocycles. The summed E-state index contributed by atoms with van der Waals surface area (Å²) in [7, 11) is 0. The largest absolute Gasteiger partial charge is 0.416 e. The molecule has 1 aromatic carbocycles. The first-order chi connectivity index (χ1) is 14.3. The molecule has 1 N–H and O–H groups in total. The number of halogens is 3. The highest BCUT2D eigenvalue weighted by Crippen LogP contribution is 2.41. The van der Waals surface area contributed by atoms with Crippen LogP contribution < -0.4 is 5.32 Å². The molecule has 1 aliphatic rings. The lowest BCUT2D eigenvalue weighted by molar-refractivity contribution is -0.137. The number of aryl methyl sites for hydroxylation is 1. The number of carbonyl (C=O) groups is 1. The zero-order chi connectivity index (χ0) is 21.0. The number of aromatic nitrogens is 6. The van der Waals surface area contributed by atoms with Crippen LogP contribution in [0.4, 0.5) is 19.0 Å². The number of rotatable bonds is 2. The lowest BCUT2D eigenvalue weighted by Gasteiger charge is -2.24. The second kappa shape index (κ2) is 6.37. The number of alkyl halides is 3. The molecule has 152 valence electrons. The van der Waals surface area contributed by atoms with Gasteiger partial charge < -0.3 is 5.32 Å². The zero-order valence-electron chi connectivity index (χ0n) is 15.6. The molecular weight excluding hydrogens is 399 g/mol. The number of carbonyl (C=O) groups excluding carboxylic acids is 1. The fraction of sp³-hybridized carbons (Fsp3) is 0.211. The Kier molecular flexibility index (Phi) is 3.88. The molecule has 0 aliphatic carbocycles. The van der Waals surface area contributed by atoms with Crippen LogP contribution in [-0.4, -0.2) is 35.5 Å². The van der Waals surface area contributed by atoms with Gasteiger partial charge in [-0.3, -0.25) is 4.79 Å². The van der Waals surface area contributed by atoms with Crippen molar-refractivity contribution < 1.29 is 18.0 Å². The summed E-state index contributed by atoms with van der Waals surface area (Å²) in [4.78, 5) is 12.4. The van der Waals surface area contributed by atoms with Crippen LogP contribution in [0, 0.1) is 6.92 Å². The topological polar surface area (TPSA) is 90.0 Å². The molecule has 1 atom stereocenters. The third-order valence-corrected chi connectivity index (χ3v) is 5.08. The maximum atomic E-state index is 13.2. The lowest BCUT2D eigenvalue weighted by atomic mass is 9.85. The molecule has 4 aromatic rings. The Balaban J connectivity index is 1.65. The van der Waals surface area contributed by atoms with E-state index >= 15 is 0 Å². The summed E-state index contributed by atoms with van der Waals surface area (Å²) in [6.45, 7) is 1.75. The Morgan fingerprint density at radius 1 is 1.17 bits per heavy atom. The third-order valence-electron chi connectivity index (χ3n) is 5.08. The Labute approximate surface area is 167 Å². The van der Waals surface area contributed by atoms with Crippen molar-refractivity contribution in [3.05, 3.63) is 65.1 Å². The number of hydrogen-bond acceptors (Lipinski definition) is 5. The quantitative estimate of drug-likeness (QED) is 0.545. The normalized spacial score (nSPS) is 16.5. The molecule has 0 bridgehead atoms. The number of nitrogens with one attached hydrogen (secondary N) is 1. The minimum atomic E-state index is -4.47. The van der Waals surface area contributed by atoms with E-state index in [4.69, 9.17) is 0 Å². The average molecular weight is 413 g/mol. The summed E-state index contributed by atoms with van der Waals surface area (Å²) in [6.07, 6.45) is -3.00. The monoisotopic (exact) mass is 413 g/mol. The minimum Gasteiger partial charge on any atom is -0.310 e. The summed E-state index contributed by atoms with van der Waals surface area (Å²) >= 11 is 0. The van der Waals surface area contributed by atoms with Crippen molar-refractivity contribution in [1.82, 2.24) is 29.6 Å². The smallest absolute Gasteiger partial charge is 0.310 e. The Bertz CT molecular complexity index is 1290. The number of anilines is 1. The van der Waals surface area contributed by atoms with Crippen molar-refractivity contribution in [3.8, 4) is 5.82 Å². The molecule has 3 aromatic heterocycles. The molecule has 5 rings (SSSR count). The highest BCUT2D eigenvalue weighted by molar-refractivity contribution is 5.95. The van der Waals surface area contributed by atoms with E-state index in [9.17, 15) is 18.0 Å². The molecule has 0 radical (unpaired) electrons. The fourth-order valence-corrected chi connectivity index (χ4v) is 3.76. The van der Waals surface area contributed by atoms with E-state index in [1.165, 1.54) is 21.6 Å². The molecule has 1 amide bonds. The first-order valence-electron chi connectivity index (χ1n) is 9.05. The predicted molar refractivity (Wildman–Crippen MR) is 99.2 cm³/mol. The van der Waals surface area contributed by atoms with Crippen LogP contribution in [0.3, 0.4) is 0 Å². The maximum Gasteiger partial charge on any atom is 0.416 e. The van der Waals surface area contributed by atoms with Gasteiger partial charge in [0.25, 0.3) is 0 Å². The highest BCUT2D eigenvalue weighted by Gasteiger charge is 2.35. The molecule has 0 spiro atoms. The summed E-state index contributed by atoms with van der Waals surface area (Å²) in [5, 5.41) is 19.4. The molecule has 0 saturated carbocycles. The number of benzene rings is 1. The van der Waals surface area contributed by atoms with Crippen LogP contribution >= 0.6 is 0 Å². The van der Waals surface area contributed by atoms with Crippen LogP contribution in [0.2, 0.25) is 0 Å². The van der Waals surface area contributed by atoms with Gasteiger partial charge in [-0.05, 0) is 30.7 Å². The Morgan fingerprint density at radius 3 is 2.80 bits per heavy atom. The van der Waals surface area contributed by atoms with Crippen LogP contribution in [0.25, 0.3) is 11.5 Å². The molecule has 11 heteroatoms. The molecular formula is C19H14F3N7O. The van der Waals surface area contributed by atoms with Gasteiger partial charge >= 0.3 is 6.18 Å².